The second kappa shape index (κ2) is 5.89. The van der Waals surface area contributed by atoms with Crippen molar-refractivity contribution >= 4 is 15.9 Å². The molecule has 1 unspecified atom stereocenters. The van der Waals surface area contributed by atoms with Gasteiger partial charge in [0.15, 0.2) is 0 Å². The zero-order valence-electron chi connectivity index (χ0n) is 11.6. The summed E-state index contributed by atoms with van der Waals surface area (Å²) in [6.45, 7) is 6.33. The third-order valence-corrected chi connectivity index (χ3v) is 4.22. The largest absolute Gasteiger partial charge is 0.388 e. The molecule has 0 spiro atoms. The average Bonchev–Trinajstić information content (AvgIpc) is 2.34. The highest BCUT2D eigenvalue weighted by molar-refractivity contribution is 9.10. The number of benzene rings is 2. The molecule has 0 aliphatic heterocycles. The zero-order valence-corrected chi connectivity index (χ0v) is 13.2. The minimum atomic E-state index is -0.476. The Bertz CT molecular complexity index is 567. The van der Waals surface area contributed by atoms with E-state index in [1.165, 1.54) is 22.3 Å². The van der Waals surface area contributed by atoms with Crippen molar-refractivity contribution < 1.29 is 5.11 Å². The Morgan fingerprint density at radius 2 is 1.63 bits per heavy atom. The van der Waals surface area contributed by atoms with Crippen molar-refractivity contribution in [1.29, 1.82) is 0 Å². The molecule has 0 amide bonds. The van der Waals surface area contributed by atoms with Crippen LogP contribution in [0.5, 0.6) is 0 Å². The molecule has 19 heavy (non-hydrogen) atoms. The lowest BCUT2D eigenvalue weighted by atomic mass is 9.93. The van der Waals surface area contributed by atoms with E-state index >= 15 is 0 Å². The van der Waals surface area contributed by atoms with Crippen LogP contribution in [0.4, 0.5) is 0 Å². The lowest BCUT2D eigenvalue weighted by molar-refractivity contribution is 0.177. The molecule has 2 rings (SSSR count). The Balaban J connectivity index is 2.29. The maximum atomic E-state index is 10.4. The van der Waals surface area contributed by atoms with Crippen molar-refractivity contribution in [3.63, 3.8) is 0 Å². The van der Waals surface area contributed by atoms with Crippen LogP contribution in [0, 0.1) is 20.8 Å². The van der Waals surface area contributed by atoms with Crippen LogP contribution in [0.2, 0.25) is 0 Å². The van der Waals surface area contributed by atoms with Crippen molar-refractivity contribution in [2.45, 2.75) is 33.3 Å². The summed E-state index contributed by atoms with van der Waals surface area (Å²) in [5, 5.41) is 10.4. The Morgan fingerprint density at radius 1 is 1.05 bits per heavy atom. The quantitative estimate of drug-likeness (QED) is 0.873. The molecule has 0 saturated heterocycles. The van der Waals surface area contributed by atoms with E-state index in [-0.39, 0.29) is 0 Å². The lowest BCUT2D eigenvalue weighted by Crippen LogP contribution is -2.06. The van der Waals surface area contributed by atoms with Crippen LogP contribution in [0.15, 0.2) is 40.9 Å². The van der Waals surface area contributed by atoms with E-state index in [0.717, 1.165) is 10.0 Å². The summed E-state index contributed by atoms with van der Waals surface area (Å²) >= 11 is 3.50. The van der Waals surface area contributed by atoms with Crippen molar-refractivity contribution in [3.8, 4) is 0 Å². The number of hydrogen-bond acceptors (Lipinski definition) is 1. The second-order valence-electron chi connectivity index (χ2n) is 5.12. The van der Waals surface area contributed by atoms with Gasteiger partial charge in [-0.15, -0.1) is 0 Å². The molecule has 0 heterocycles. The van der Waals surface area contributed by atoms with Gasteiger partial charge in [0.25, 0.3) is 0 Å². The standard InChI is InChI=1S/C17H19BrO/c1-11-8-12(2)15(13(3)9-11)10-17(19)14-6-4-5-7-16(14)18/h4-9,17,19H,10H2,1-3H3. The van der Waals surface area contributed by atoms with Gasteiger partial charge in [-0.1, -0.05) is 51.8 Å². The van der Waals surface area contributed by atoms with Gasteiger partial charge < -0.3 is 5.11 Å². The molecule has 0 aromatic heterocycles. The van der Waals surface area contributed by atoms with Gasteiger partial charge in [0, 0.05) is 10.9 Å². The first-order valence-electron chi connectivity index (χ1n) is 6.48. The van der Waals surface area contributed by atoms with Crippen molar-refractivity contribution in [2.24, 2.45) is 0 Å². The van der Waals surface area contributed by atoms with Gasteiger partial charge in [0.2, 0.25) is 0 Å². The van der Waals surface area contributed by atoms with Crippen LogP contribution in [-0.2, 0) is 6.42 Å². The minimum Gasteiger partial charge on any atom is -0.388 e. The van der Waals surface area contributed by atoms with Crippen molar-refractivity contribution in [1.82, 2.24) is 0 Å². The monoisotopic (exact) mass is 318 g/mol. The molecule has 0 aliphatic carbocycles. The second-order valence-corrected chi connectivity index (χ2v) is 5.97. The fourth-order valence-electron chi connectivity index (χ4n) is 2.58. The molecular weight excluding hydrogens is 300 g/mol. The molecule has 1 N–H and O–H groups in total. The Kier molecular flexibility index (Phi) is 4.43. The summed E-state index contributed by atoms with van der Waals surface area (Å²) < 4.78 is 0.963. The number of hydrogen-bond donors (Lipinski definition) is 1. The van der Waals surface area contributed by atoms with Crippen molar-refractivity contribution in [2.75, 3.05) is 0 Å². The molecular formula is C17H19BrO. The van der Waals surface area contributed by atoms with E-state index in [4.69, 9.17) is 0 Å². The van der Waals surface area contributed by atoms with E-state index < -0.39 is 6.10 Å². The first-order chi connectivity index (χ1) is 8.99. The predicted molar refractivity (Wildman–Crippen MR) is 83.5 cm³/mol. The third kappa shape index (κ3) is 3.26. The molecule has 1 nitrogen and oxygen atoms in total. The van der Waals surface area contributed by atoms with Crippen molar-refractivity contribution in [3.05, 3.63) is 68.7 Å². The predicted octanol–water partition coefficient (Wildman–Crippen LogP) is 4.65. The lowest BCUT2D eigenvalue weighted by Gasteiger charge is -2.17. The molecule has 0 fully saturated rings. The molecule has 0 saturated carbocycles. The summed E-state index contributed by atoms with van der Waals surface area (Å²) in [7, 11) is 0. The van der Waals surface area contributed by atoms with Gasteiger partial charge in [-0.2, -0.15) is 0 Å². The Labute approximate surface area is 123 Å². The maximum absolute atomic E-state index is 10.4. The highest BCUT2D eigenvalue weighted by Gasteiger charge is 2.14. The molecule has 0 aliphatic rings. The molecule has 2 heteroatoms. The zero-order chi connectivity index (χ0) is 14.0. The van der Waals surface area contributed by atoms with Gasteiger partial charge >= 0.3 is 0 Å². The maximum Gasteiger partial charge on any atom is 0.0841 e. The Hall–Kier alpha value is -1.12. The van der Waals surface area contributed by atoms with Crippen LogP contribution in [-0.4, -0.2) is 5.11 Å². The van der Waals surface area contributed by atoms with Gasteiger partial charge in [-0.3, -0.25) is 0 Å². The summed E-state index contributed by atoms with van der Waals surface area (Å²) in [6, 6.07) is 12.2. The first-order valence-corrected chi connectivity index (χ1v) is 7.27. The number of halogens is 1. The Morgan fingerprint density at radius 3 is 2.21 bits per heavy atom. The van der Waals surface area contributed by atoms with Crippen LogP contribution in [0.1, 0.15) is 33.9 Å². The number of aryl methyl sites for hydroxylation is 3. The number of rotatable bonds is 3. The van der Waals surface area contributed by atoms with Crippen LogP contribution in [0.25, 0.3) is 0 Å². The first kappa shape index (κ1) is 14.3. The van der Waals surface area contributed by atoms with Gasteiger partial charge in [0.05, 0.1) is 6.10 Å². The minimum absolute atomic E-state index is 0.476. The van der Waals surface area contributed by atoms with E-state index in [0.29, 0.717) is 6.42 Å². The molecule has 2 aromatic rings. The fraction of sp³-hybridized carbons (Fsp3) is 0.294. The summed E-state index contributed by atoms with van der Waals surface area (Å²) in [6.07, 6.45) is 0.177. The summed E-state index contributed by atoms with van der Waals surface area (Å²) in [5.41, 5.74) is 5.97. The average molecular weight is 319 g/mol. The topological polar surface area (TPSA) is 20.2 Å². The van der Waals surface area contributed by atoms with E-state index in [1.807, 2.05) is 24.3 Å². The summed E-state index contributed by atoms with van der Waals surface area (Å²) in [5.74, 6) is 0. The van der Waals surface area contributed by atoms with Gasteiger partial charge in [-0.25, -0.2) is 0 Å². The fourth-order valence-corrected chi connectivity index (χ4v) is 3.13. The van der Waals surface area contributed by atoms with Crippen LogP contribution >= 0.6 is 15.9 Å². The molecule has 0 bridgehead atoms. The molecule has 1 atom stereocenters. The number of aliphatic hydroxyl groups excluding tert-OH is 1. The molecule has 0 radical (unpaired) electrons. The van der Waals surface area contributed by atoms with Crippen LogP contribution < -0.4 is 0 Å². The SMILES string of the molecule is Cc1cc(C)c(CC(O)c2ccccc2Br)c(C)c1. The van der Waals surface area contributed by atoms with E-state index in [1.54, 1.807) is 0 Å². The van der Waals surface area contributed by atoms with Gasteiger partial charge in [0.1, 0.15) is 0 Å². The van der Waals surface area contributed by atoms with Gasteiger partial charge in [-0.05, 0) is 49.1 Å². The third-order valence-electron chi connectivity index (χ3n) is 3.50. The smallest absolute Gasteiger partial charge is 0.0841 e. The number of aliphatic hydroxyl groups is 1. The normalized spacial score (nSPS) is 12.5. The van der Waals surface area contributed by atoms with Crippen LogP contribution in [0.3, 0.4) is 0 Å². The highest BCUT2D eigenvalue weighted by atomic mass is 79.9. The molecule has 2 aromatic carbocycles. The van der Waals surface area contributed by atoms with E-state index in [9.17, 15) is 5.11 Å². The molecule has 100 valence electrons. The summed E-state index contributed by atoms with van der Waals surface area (Å²) in [4.78, 5) is 0. The van der Waals surface area contributed by atoms with E-state index in [2.05, 4.69) is 48.8 Å². The highest BCUT2D eigenvalue weighted by Crippen LogP contribution is 2.28.